The number of ether oxygens (including phenoxy) is 1. The van der Waals surface area contributed by atoms with Gasteiger partial charge in [-0.3, -0.25) is 4.79 Å². The van der Waals surface area contributed by atoms with E-state index in [1.54, 1.807) is 0 Å². The zero-order chi connectivity index (χ0) is 11.8. The molecular weight excluding hydrogens is 210 g/mol. The minimum absolute atomic E-state index is 0.0811. The average molecular weight is 229 g/mol. The lowest BCUT2D eigenvalue weighted by atomic mass is 9.99. The van der Waals surface area contributed by atoms with Crippen molar-refractivity contribution in [2.45, 2.75) is 25.7 Å². The first-order valence-electron chi connectivity index (χ1n) is 5.56. The molecule has 1 heterocycles. The number of nitrogens with zero attached hydrogens (tertiary/aromatic N) is 1. The molecule has 1 aliphatic heterocycles. The maximum Gasteiger partial charge on any atom is 0.223 e. The molecule has 0 saturated carbocycles. The number of carbonyl (C=O) groups excluding carboxylic acids is 1. The Morgan fingerprint density at radius 2 is 2.19 bits per heavy atom. The largest absolute Gasteiger partial charge is 0.409 e. The second-order valence-corrected chi connectivity index (χ2v) is 3.87. The SMILES string of the molecule is NC(CCCNC(=O)C1CCOCC1)=NO. The van der Waals surface area contributed by atoms with Crippen LogP contribution >= 0.6 is 0 Å². The van der Waals surface area contributed by atoms with Crippen molar-refractivity contribution in [3.8, 4) is 0 Å². The van der Waals surface area contributed by atoms with Crippen molar-refractivity contribution in [1.82, 2.24) is 5.32 Å². The fourth-order valence-electron chi connectivity index (χ4n) is 1.64. The monoisotopic (exact) mass is 229 g/mol. The fourth-order valence-corrected chi connectivity index (χ4v) is 1.64. The van der Waals surface area contributed by atoms with Gasteiger partial charge in [-0.2, -0.15) is 0 Å². The van der Waals surface area contributed by atoms with Gasteiger partial charge in [-0.25, -0.2) is 0 Å². The van der Waals surface area contributed by atoms with E-state index in [-0.39, 0.29) is 17.7 Å². The number of hydrogen-bond donors (Lipinski definition) is 3. The van der Waals surface area contributed by atoms with E-state index >= 15 is 0 Å². The fraction of sp³-hybridized carbons (Fsp3) is 0.800. The summed E-state index contributed by atoms with van der Waals surface area (Å²) >= 11 is 0. The van der Waals surface area contributed by atoms with Crippen LogP contribution in [0, 0.1) is 5.92 Å². The molecule has 6 heteroatoms. The lowest BCUT2D eigenvalue weighted by molar-refractivity contribution is -0.127. The van der Waals surface area contributed by atoms with Gasteiger partial charge in [0.15, 0.2) is 0 Å². The first kappa shape index (κ1) is 12.8. The van der Waals surface area contributed by atoms with Crippen LogP contribution in [0.15, 0.2) is 5.16 Å². The number of amides is 1. The lowest BCUT2D eigenvalue weighted by Gasteiger charge is -2.21. The van der Waals surface area contributed by atoms with E-state index < -0.39 is 0 Å². The minimum Gasteiger partial charge on any atom is -0.409 e. The van der Waals surface area contributed by atoms with Crippen LogP contribution in [0.2, 0.25) is 0 Å². The van der Waals surface area contributed by atoms with E-state index in [1.807, 2.05) is 0 Å². The van der Waals surface area contributed by atoms with Crippen LogP contribution in [0.5, 0.6) is 0 Å². The number of oxime groups is 1. The summed E-state index contributed by atoms with van der Waals surface area (Å²) in [6.45, 7) is 1.90. The van der Waals surface area contributed by atoms with Gasteiger partial charge in [0.25, 0.3) is 0 Å². The third-order valence-electron chi connectivity index (χ3n) is 2.63. The van der Waals surface area contributed by atoms with E-state index in [9.17, 15) is 4.79 Å². The van der Waals surface area contributed by atoms with Gasteiger partial charge in [0.1, 0.15) is 5.84 Å². The smallest absolute Gasteiger partial charge is 0.223 e. The molecule has 16 heavy (non-hydrogen) atoms. The highest BCUT2D eigenvalue weighted by atomic mass is 16.5. The summed E-state index contributed by atoms with van der Waals surface area (Å²) < 4.78 is 5.18. The van der Waals surface area contributed by atoms with Crippen LogP contribution in [0.25, 0.3) is 0 Å². The molecule has 4 N–H and O–H groups in total. The Kier molecular flexibility index (Phi) is 5.63. The molecule has 1 aliphatic rings. The predicted molar refractivity (Wildman–Crippen MR) is 59.2 cm³/mol. The number of carbonyl (C=O) groups is 1. The summed E-state index contributed by atoms with van der Waals surface area (Å²) in [7, 11) is 0. The molecule has 1 fully saturated rings. The van der Waals surface area contributed by atoms with Crippen LogP contribution in [-0.4, -0.2) is 36.7 Å². The first-order chi connectivity index (χ1) is 7.74. The zero-order valence-corrected chi connectivity index (χ0v) is 9.32. The molecule has 0 aliphatic carbocycles. The van der Waals surface area contributed by atoms with E-state index in [0.717, 1.165) is 12.8 Å². The number of nitrogens with one attached hydrogen (secondary N) is 1. The minimum atomic E-state index is 0.0811. The Bertz CT molecular complexity index is 250. The van der Waals surface area contributed by atoms with Gasteiger partial charge in [-0.15, -0.1) is 0 Å². The zero-order valence-electron chi connectivity index (χ0n) is 9.32. The number of amidine groups is 1. The first-order valence-corrected chi connectivity index (χ1v) is 5.56. The van der Waals surface area contributed by atoms with Gasteiger partial charge in [0, 0.05) is 32.1 Å². The molecule has 0 aromatic rings. The average Bonchev–Trinajstić information content (AvgIpc) is 2.35. The molecule has 0 aromatic carbocycles. The van der Waals surface area contributed by atoms with Crippen molar-refractivity contribution < 1.29 is 14.7 Å². The quantitative estimate of drug-likeness (QED) is 0.204. The van der Waals surface area contributed by atoms with E-state index in [4.69, 9.17) is 15.7 Å². The molecule has 0 atom stereocenters. The highest BCUT2D eigenvalue weighted by Crippen LogP contribution is 2.14. The Hall–Kier alpha value is -1.30. The highest BCUT2D eigenvalue weighted by molar-refractivity contribution is 5.80. The van der Waals surface area contributed by atoms with E-state index in [2.05, 4.69) is 10.5 Å². The van der Waals surface area contributed by atoms with Crippen LogP contribution in [-0.2, 0) is 9.53 Å². The summed E-state index contributed by atoms with van der Waals surface area (Å²) in [6, 6.07) is 0. The van der Waals surface area contributed by atoms with Crippen molar-refractivity contribution in [2.75, 3.05) is 19.8 Å². The lowest BCUT2D eigenvalue weighted by Crippen LogP contribution is -2.35. The number of rotatable bonds is 5. The normalized spacial score (nSPS) is 18.4. The van der Waals surface area contributed by atoms with Crippen molar-refractivity contribution in [1.29, 1.82) is 0 Å². The van der Waals surface area contributed by atoms with Gasteiger partial charge in [0.05, 0.1) is 0 Å². The summed E-state index contributed by atoms with van der Waals surface area (Å²) in [4.78, 5) is 11.6. The molecule has 0 aromatic heterocycles. The Morgan fingerprint density at radius 1 is 1.50 bits per heavy atom. The Morgan fingerprint density at radius 3 is 2.81 bits per heavy atom. The van der Waals surface area contributed by atoms with Crippen molar-refractivity contribution >= 4 is 11.7 Å². The van der Waals surface area contributed by atoms with E-state index in [1.165, 1.54) is 0 Å². The summed E-state index contributed by atoms with van der Waals surface area (Å²) in [5, 5.41) is 14.0. The van der Waals surface area contributed by atoms with Crippen LogP contribution in [0.4, 0.5) is 0 Å². The highest BCUT2D eigenvalue weighted by Gasteiger charge is 2.20. The third-order valence-corrected chi connectivity index (χ3v) is 2.63. The summed E-state index contributed by atoms with van der Waals surface area (Å²) in [6.07, 6.45) is 2.77. The molecule has 1 saturated heterocycles. The maximum atomic E-state index is 11.6. The molecule has 0 unspecified atom stereocenters. The summed E-state index contributed by atoms with van der Waals surface area (Å²) in [5.74, 6) is 0.362. The van der Waals surface area contributed by atoms with Crippen LogP contribution in [0.3, 0.4) is 0 Å². The van der Waals surface area contributed by atoms with Gasteiger partial charge < -0.3 is 21.0 Å². The van der Waals surface area contributed by atoms with Gasteiger partial charge >= 0.3 is 0 Å². The molecule has 92 valence electrons. The van der Waals surface area contributed by atoms with Gasteiger partial charge in [0.2, 0.25) is 5.91 Å². The molecule has 1 rings (SSSR count). The molecule has 0 spiro atoms. The predicted octanol–water partition coefficient (Wildman–Crippen LogP) is 0.0558. The van der Waals surface area contributed by atoms with Crippen LogP contribution in [0.1, 0.15) is 25.7 Å². The maximum absolute atomic E-state index is 11.6. The topological polar surface area (TPSA) is 96.9 Å². The standard InChI is InChI=1S/C10H19N3O3/c11-9(13-15)2-1-5-12-10(14)8-3-6-16-7-4-8/h8,15H,1-7H2,(H2,11,13)(H,12,14). The summed E-state index contributed by atoms with van der Waals surface area (Å²) in [5.41, 5.74) is 5.30. The van der Waals surface area contributed by atoms with Gasteiger partial charge in [-0.05, 0) is 19.3 Å². The molecule has 0 radical (unpaired) electrons. The third kappa shape index (κ3) is 4.48. The second kappa shape index (κ2) is 7.05. The van der Waals surface area contributed by atoms with Crippen molar-refractivity contribution in [3.63, 3.8) is 0 Å². The molecule has 0 bridgehead atoms. The number of nitrogens with two attached hydrogens (primary N) is 1. The Balaban J connectivity index is 2.10. The molecular formula is C10H19N3O3. The van der Waals surface area contributed by atoms with Gasteiger partial charge in [-0.1, -0.05) is 5.16 Å². The van der Waals surface area contributed by atoms with E-state index in [0.29, 0.717) is 32.6 Å². The van der Waals surface area contributed by atoms with Crippen molar-refractivity contribution in [2.24, 2.45) is 16.8 Å². The molecule has 1 amide bonds. The second-order valence-electron chi connectivity index (χ2n) is 3.87. The molecule has 6 nitrogen and oxygen atoms in total. The van der Waals surface area contributed by atoms with Crippen LogP contribution < -0.4 is 11.1 Å². The number of hydrogen-bond acceptors (Lipinski definition) is 4. The Labute approximate surface area is 94.8 Å². The van der Waals surface area contributed by atoms with Crippen molar-refractivity contribution in [3.05, 3.63) is 0 Å².